The zero-order valence-corrected chi connectivity index (χ0v) is 15.9. The van der Waals surface area contributed by atoms with E-state index in [4.69, 9.17) is 15.3 Å². The van der Waals surface area contributed by atoms with E-state index < -0.39 is 0 Å². The van der Waals surface area contributed by atoms with Gasteiger partial charge in [-0.05, 0) is 32.4 Å². The van der Waals surface area contributed by atoms with E-state index >= 15 is 0 Å². The van der Waals surface area contributed by atoms with E-state index in [9.17, 15) is 4.79 Å². The summed E-state index contributed by atoms with van der Waals surface area (Å²) in [6, 6.07) is 0.234. The predicted octanol–water partition coefficient (Wildman–Crippen LogP) is 0.766. The van der Waals surface area contributed by atoms with E-state index in [0.29, 0.717) is 30.8 Å². The number of nitrogen functional groups attached to an aromatic ring is 1. The molecule has 0 aromatic carbocycles. The highest BCUT2D eigenvalue weighted by Gasteiger charge is 2.16. The lowest BCUT2D eigenvalue weighted by Crippen LogP contribution is -2.28. The largest absolute Gasteiger partial charge is 0.471 e. The lowest BCUT2D eigenvalue weighted by molar-refractivity contribution is -0.126. The molecule has 1 aliphatic rings. The van der Waals surface area contributed by atoms with Crippen molar-refractivity contribution in [2.45, 2.75) is 39.2 Å². The summed E-state index contributed by atoms with van der Waals surface area (Å²) in [7, 11) is 1.31. The van der Waals surface area contributed by atoms with Gasteiger partial charge in [-0.1, -0.05) is 13.3 Å². The molecule has 0 aliphatic carbocycles. The predicted molar refractivity (Wildman–Crippen MR) is 102 cm³/mol. The van der Waals surface area contributed by atoms with Crippen LogP contribution in [0.5, 0.6) is 6.01 Å². The van der Waals surface area contributed by atoms with Gasteiger partial charge in [-0.3, -0.25) is 9.36 Å². The Kier molecular flexibility index (Phi) is 8.05. The van der Waals surface area contributed by atoms with Gasteiger partial charge in [0.15, 0.2) is 11.5 Å². The minimum Gasteiger partial charge on any atom is -0.471 e. The number of carbonyl (C=O) groups is 1. The summed E-state index contributed by atoms with van der Waals surface area (Å²) in [6.07, 6.45) is 4.42. The van der Waals surface area contributed by atoms with Crippen molar-refractivity contribution in [2.75, 3.05) is 39.1 Å². The van der Waals surface area contributed by atoms with Crippen molar-refractivity contribution in [3.8, 4) is 6.01 Å². The molecular weight excluding hydrogens is 352 g/mol. The Hall–Kier alpha value is -2.62. The SMILES string of the molecule is CCCCOc1nc(N)c2[nH]c(=O)n(CCN3CCCC3)c2n1.COC=O. The molecule has 1 aliphatic heterocycles. The van der Waals surface area contributed by atoms with Gasteiger partial charge in [0, 0.05) is 13.1 Å². The third-order valence-corrected chi connectivity index (χ3v) is 4.29. The average molecular weight is 380 g/mol. The molecule has 10 nitrogen and oxygen atoms in total. The molecule has 0 bridgehead atoms. The fraction of sp³-hybridized carbons (Fsp3) is 0.647. The zero-order valence-electron chi connectivity index (χ0n) is 15.9. The van der Waals surface area contributed by atoms with Crippen LogP contribution in [0.15, 0.2) is 4.79 Å². The molecule has 0 atom stereocenters. The van der Waals surface area contributed by atoms with Crippen LogP contribution in [0.2, 0.25) is 0 Å². The number of nitrogens with one attached hydrogen (secondary N) is 1. The van der Waals surface area contributed by atoms with Crippen molar-refractivity contribution in [3.63, 3.8) is 0 Å². The van der Waals surface area contributed by atoms with E-state index in [1.165, 1.54) is 20.0 Å². The highest BCUT2D eigenvalue weighted by Crippen LogP contribution is 2.18. The van der Waals surface area contributed by atoms with Gasteiger partial charge in [0.2, 0.25) is 0 Å². The monoisotopic (exact) mass is 380 g/mol. The maximum Gasteiger partial charge on any atom is 0.327 e. The van der Waals surface area contributed by atoms with Crippen molar-refractivity contribution < 1.29 is 14.3 Å². The van der Waals surface area contributed by atoms with Crippen LogP contribution in [0, 0.1) is 0 Å². The van der Waals surface area contributed by atoms with E-state index in [2.05, 4.69) is 31.5 Å². The summed E-state index contributed by atoms with van der Waals surface area (Å²) in [5, 5.41) is 0. The number of unbranched alkanes of at least 4 members (excludes halogenated alkanes) is 1. The summed E-state index contributed by atoms with van der Waals surface area (Å²) in [6.45, 7) is 6.62. The number of fused-ring (bicyclic) bond motifs is 1. The summed E-state index contributed by atoms with van der Waals surface area (Å²) in [5.74, 6) is 0.249. The molecule has 2 aromatic heterocycles. The minimum absolute atomic E-state index is 0.203. The van der Waals surface area contributed by atoms with Crippen LogP contribution in [0.1, 0.15) is 32.6 Å². The molecule has 1 saturated heterocycles. The number of nitrogens with zero attached hydrogens (tertiary/aromatic N) is 4. The summed E-state index contributed by atoms with van der Waals surface area (Å²) in [5.41, 5.74) is 6.74. The summed E-state index contributed by atoms with van der Waals surface area (Å²) in [4.78, 5) is 34.7. The van der Waals surface area contributed by atoms with Gasteiger partial charge < -0.3 is 25.1 Å². The van der Waals surface area contributed by atoms with Gasteiger partial charge in [0.05, 0.1) is 13.7 Å². The van der Waals surface area contributed by atoms with Crippen LogP contribution in [-0.2, 0) is 16.1 Å². The fourth-order valence-corrected chi connectivity index (χ4v) is 2.86. The number of nitrogens with two attached hydrogens (primary N) is 1. The Bertz CT molecular complexity index is 782. The third-order valence-electron chi connectivity index (χ3n) is 4.29. The van der Waals surface area contributed by atoms with Crippen LogP contribution in [0.25, 0.3) is 11.2 Å². The second kappa shape index (κ2) is 10.5. The van der Waals surface area contributed by atoms with Crippen LogP contribution in [0.4, 0.5) is 5.82 Å². The Morgan fingerprint density at radius 3 is 2.59 bits per heavy atom. The molecule has 3 rings (SSSR count). The number of imidazole rings is 1. The highest BCUT2D eigenvalue weighted by atomic mass is 16.5. The summed E-state index contributed by atoms with van der Waals surface area (Å²) >= 11 is 0. The van der Waals surface area contributed by atoms with Gasteiger partial charge in [-0.15, -0.1) is 0 Å². The number of hydrogen-bond donors (Lipinski definition) is 2. The second-order valence-electron chi connectivity index (χ2n) is 6.25. The number of ether oxygens (including phenoxy) is 2. The fourth-order valence-electron chi connectivity index (χ4n) is 2.86. The highest BCUT2D eigenvalue weighted by molar-refractivity contribution is 5.81. The first kappa shape index (κ1) is 20.7. The van der Waals surface area contributed by atoms with Crippen molar-refractivity contribution >= 4 is 23.5 Å². The first-order chi connectivity index (χ1) is 13.1. The molecule has 0 saturated carbocycles. The first-order valence-electron chi connectivity index (χ1n) is 9.18. The number of carbonyl (C=O) groups excluding carboxylic acids is 1. The molecule has 2 aromatic rings. The van der Waals surface area contributed by atoms with Gasteiger partial charge in [0.1, 0.15) is 5.52 Å². The van der Waals surface area contributed by atoms with Crippen LogP contribution in [-0.4, -0.2) is 64.2 Å². The van der Waals surface area contributed by atoms with Gasteiger partial charge in [0.25, 0.3) is 6.47 Å². The zero-order chi connectivity index (χ0) is 19.6. The number of methoxy groups -OCH3 is 1. The smallest absolute Gasteiger partial charge is 0.327 e. The van der Waals surface area contributed by atoms with Gasteiger partial charge in [-0.25, -0.2) is 4.79 Å². The molecule has 1 fully saturated rings. The normalized spacial score (nSPS) is 14.0. The summed E-state index contributed by atoms with van der Waals surface area (Å²) < 4.78 is 11.0. The number of aromatic amines is 1. The maximum absolute atomic E-state index is 12.2. The molecule has 0 unspecified atom stereocenters. The molecule has 27 heavy (non-hydrogen) atoms. The Morgan fingerprint density at radius 1 is 1.26 bits per heavy atom. The molecule has 0 spiro atoms. The average Bonchev–Trinajstić information content (AvgIpc) is 3.28. The maximum atomic E-state index is 12.2. The number of anilines is 1. The van der Waals surface area contributed by atoms with Crippen LogP contribution in [0.3, 0.4) is 0 Å². The number of likely N-dealkylation sites (tertiary alicyclic amines) is 1. The Balaban J connectivity index is 0.000000596. The van der Waals surface area contributed by atoms with E-state index in [1.807, 2.05) is 0 Å². The van der Waals surface area contributed by atoms with Crippen LogP contribution < -0.4 is 16.2 Å². The molecule has 10 heteroatoms. The third kappa shape index (κ3) is 5.68. The Labute approximate surface area is 157 Å². The van der Waals surface area contributed by atoms with Gasteiger partial charge >= 0.3 is 11.7 Å². The van der Waals surface area contributed by atoms with Crippen molar-refractivity contribution in [2.24, 2.45) is 0 Å². The minimum atomic E-state index is -0.203. The quantitative estimate of drug-likeness (QED) is 0.507. The Morgan fingerprint density at radius 2 is 1.96 bits per heavy atom. The standard InChI is InChI=1S/C15H24N6O2.C2H4O2/c1-2-3-10-23-14-18-12(16)11-13(19-14)21(15(22)17-11)9-8-20-6-4-5-7-20;1-4-2-3/h2-10H2,1H3,(H,17,22)(H2,16,18,19);2H,1H3. The molecule has 0 amide bonds. The number of hydrogen-bond acceptors (Lipinski definition) is 8. The molecule has 3 N–H and O–H groups in total. The second-order valence-corrected chi connectivity index (χ2v) is 6.25. The number of aromatic nitrogens is 4. The van der Waals surface area contributed by atoms with Crippen molar-refractivity contribution in [1.82, 2.24) is 24.4 Å². The lowest BCUT2D eigenvalue weighted by Gasteiger charge is -2.14. The topological polar surface area (TPSA) is 128 Å². The molecule has 3 heterocycles. The lowest BCUT2D eigenvalue weighted by atomic mass is 10.4. The first-order valence-corrected chi connectivity index (χ1v) is 9.18. The molecular formula is C17H28N6O4. The number of rotatable bonds is 8. The molecule has 0 radical (unpaired) electrons. The molecule has 150 valence electrons. The van der Waals surface area contributed by atoms with Crippen molar-refractivity contribution in [1.29, 1.82) is 0 Å². The van der Waals surface area contributed by atoms with Crippen molar-refractivity contribution in [3.05, 3.63) is 10.5 Å². The van der Waals surface area contributed by atoms with E-state index in [-0.39, 0.29) is 17.5 Å². The van der Waals surface area contributed by atoms with Gasteiger partial charge in [-0.2, -0.15) is 9.97 Å². The van der Waals surface area contributed by atoms with E-state index in [0.717, 1.165) is 32.5 Å². The number of H-pyrrole nitrogens is 1. The van der Waals surface area contributed by atoms with Crippen LogP contribution >= 0.6 is 0 Å². The van der Waals surface area contributed by atoms with E-state index in [1.54, 1.807) is 4.57 Å².